The number of nitrogens with zero attached hydrogens (tertiary/aromatic N) is 1. The summed E-state index contributed by atoms with van der Waals surface area (Å²) in [4.78, 5) is 35.6. The summed E-state index contributed by atoms with van der Waals surface area (Å²) < 4.78 is 4.80. The Labute approximate surface area is 111 Å². The number of carboxylic acids is 1. The lowest BCUT2D eigenvalue weighted by molar-refractivity contribution is -0.144. The number of carbonyl (C=O) groups excluding carboxylic acids is 2. The molecular formula is C11H19N3O5. The summed E-state index contributed by atoms with van der Waals surface area (Å²) >= 11 is 0. The van der Waals surface area contributed by atoms with Crippen molar-refractivity contribution in [3.8, 4) is 0 Å². The van der Waals surface area contributed by atoms with Crippen LogP contribution in [0, 0.1) is 0 Å². The average Bonchev–Trinajstić information content (AvgIpc) is 2.33. The molecule has 0 aromatic carbocycles. The molecule has 0 spiro atoms. The van der Waals surface area contributed by atoms with Gasteiger partial charge in [-0.25, -0.2) is 0 Å². The molecule has 108 valence electrons. The molecule has 2 amide bonds. The highest BCUT2D eigenvalue weighted by Crippen LogP contribution is 2.08. The fourth-order valence-corrected chi connectivity index (χ4v) is 1.87. The van der Waals surface area contributed by atoms with Gasteiger partial charge < -0.3 is 20.5 Å². The van der Waals surface area contributed by atoms with E-state index >= 15 is 0 Å². The Morgan fingerprint density at radius 1 is 1.58 bits per heavy atom. The molecule has 1 rings (SSSR count). The van der Waals surface area contributed by atoms with Crippen molar-refractivity contribution in [1.29, 1.82) is 0 Å². The second-order valence-electron chi connectivity index (χ2n) is 4.22. The zero-order valence-electron chi connectivity index (χ0n) is 10.8. The first-order valence-corrected chi connectivity index (χ1v) is 6.03. The van der Waals surface area contributed by atoms with E-state index in [0.717, 1.165) is 0 Å². The lowest BCUT2D eigenvalue weighted by atomic mass is 10.1. The van der Waals surface area contributed by atoms with Crippen LogP contribution < -0.4 is 10.6 Å². The van der Waals surface area contributed by atoms with Gasteiger partial charge in [-0.1, -0.05) is 0 Å². The molecule has 1 aliphatic rings. The van der Waals surface area contributed by atoms with E-state index in [1.54, 1.807) is 4.90 Å². The van der Waals surface area contributed by atoms with Gasteiger partial charge in [-0.3, -0.25) is 19.3 Å². The molecule has 1 atom stereocenters. The zero-order valence-corrected chi connectivity index (χ0v) is 10.8. The molecule has 1 unspecified atom stereocenters. The van der Waals surface area contributed by atoms with E-state index in [-0.39, 0.29) is 24.8 Å². The normalized spacial score (nSPS) is 19.8. The highest BCUT2D eigenvalue weighted by molar-refractivity contribution is 5.87. The molecule has 0 bridgehead atoms. The monoisotopic (exact) mass is 273 g/mol. The second kappa shape index (κ2) is 7.70. The van der Waals surface area contributed by atoms with Gasteiger partial charge in [-0.05, 0) is 0 Å². The summed E-state index contributed by atoms with van der Waals surface area (Å²) in [5.74, 6) is -1.66. The Morgan fingerprint density at radius 2 is 2.32 bits per heavy atom. The fraction of sp³-hybridized carbons (Fsp3) is 0.727. The Kier molecular flexibility index (Phi) is 6.23. The number of carboxylic acid groups (broad SMARTS) is 1. The molecule has 0 aliphatic carbocycles. The van der Waals surface area contributed by atoms with Crippen molar-refractivity contribution in [2.24, 2.45) is 0 Å². The molecule has 0 aromatic rings. The number of hydrogen-bond donors (Lipinski definition) is 3. The van der Waals surface area contributed by atoms with Crippen LogP contribution in [0.15, 0.2) is 0 Å². The third kappa shape index (κ3) is 5.23. The van der Waals surface area contributed by atoms with Crippen molar-refractivity contribution in [1.82, 2.24) is 15.5 Å². The van der Waals surface area contributed by atoms with E-state index in [1.807, 2.05) is 0 Å². The summed E-state index contributed by atoms with van der Waals surface area (Å²) in [6.07, 6.45) is -0.308. The molecule has 1 saturated heterocycles. The second-order valence-corrected chi connectivity index (χ2v) is 4.22. The maximum absolute atomic E-state index is 11.6. The zero-order chi connectivity index (χ0) is 14.3. The summed E-state index contributed by atoms with van der Waals surface area (Å²) in [7, 11) is 1.53. The molecule has 1 aliphatic heterocycles. The van der Waals surface area contributed by atoms with Crippen molar-refractivity contribution < 1.29 is 24.2 Å². The van der Waals surface area contributed by atoms with Crippen LogP contribution in [0.25, 0.3) is 0 Å². The number of hydrogen-bond acceptors (Lipinski definition) is 5. The number of amides is 2. The highest BCUT2D eigenvalue weighted by atomic mass is 16.5. The van der Waals surface area contributed by atoms with Crippen LogP contribution in [0.4, 0.5) is 0 Å². The molecular weight excluding hydrogens is 254 g/mol. The smallest absolute Gasteiger partial charge is 0.305 e. The predicted molar refractivity (Wildman–Crippen MR) is 65.5 cm³/mol. The first-order chi connectivity index (χ1) is 9.04. The molecule has 8 nitrogen and oxygen atoms in total. The number of ether oxygens (including phenoxy) is 1. The van der Waals surface area contributed by atoms with Crippen LogP contribution in [0.5, 0.6) is 0 Å². The third-order valence-corrected chi connectivity index (χ3v) is 2.78. The van der Waals surface area contributed by atoms with Gasteiger partial charge in [0.25, 0.3) is 0 Å². The largest absolute Gasteiger partial charge is 0.481 e. The number of nitrogens with one attached hydrogen (secondary N) is 2. The third-order valence-electron chi connectivity index (χ3n) is 2.78. The number of aliphatic carboxylic acids is 1. The van der Waals surface area contributed by atoms with Crippen molar-refractivity contribution >= 4 is 17.8 Å². The van der Waals surface area contributed by atoms with Gasteiger partial charge in [0.15, 0.2) is 0 Å². The molecule has 0 saturated carbocycles. The fourth-order valence-electron chi connectivity index (χ4n) is 1.87. The van der Waals surface area contributed by atoms with Crippen molar-refractivity contribution in [2.75, 3.05) is 39.9 Å². The lowest BCUT2D eigenvalue weighted by Crippen LogP contribution is -2.58. The minimum Gasteiger partial charge on any atom is -0.481 e. The van der Waals surface area contributed by atoms with Gasteiger partial charge in [0.1, 0.15) is 6.04 Å². The molecule has 1 heterocycles. The van der Waals surface area contributed by atoms with Gasteiger partial charge in [0.05, 0.1) is 19.6 Å². The maximum Gasteiger partial charge on any atom is 0.305 e. The van der Waals surface area contributed by atoms with Crippen molar-refractivity contribution in [3.63, 3.8) is 0 Å². The number of piperazine rings is 1. The summed E-state index contributed by atoms with van der Waals surface area (Å²) in [6, 6.07) is -0.792. The van der Waals surface area contributed by atoms with E-state index in [1.165, 1.54) is 7.11 Å². The van der Waals surface area contributed by atoms with Gasteiger partial charge >= 0.3 is 5.97 Å². The Morgan fingerprint density at radius 3 is 2.95 bits per heavy atom. The van der Waals surface area contributed by atoms with Crippen LogP contribution in [0.2, 0.25) is 0 Å². The average molecular weight is 273 g/mol. The molecule has 1 fully saturated rings. The van der Waals surface area contributed by atoms with Crippen molar-refractivity contribution in [3.05, 3.63) is 0 Å². The Bertz CT molecular complexity index is 347. The minimum absolute atomic E-state index is 0.00901. The highest BCUT2D eigenvalue weighted by Gasteiger charge is 2.32. The van der Waals surface area contributed by atoms with Gasteiger partial charge in [-0.15, -0.1) is 0 Å². The van der Waals surface area contributed by atoms with Crippen LogP contribution in [0.3, 0.4) is 0 Å². The van der Waals surface area contributed by atoms with Crippen LogP contribution in [0.1, 0.15) is 6.42 Å². The summed E-state index contributed by atoms with van der Waals surface area (Å²) in [6.45, 7) is 1.68. The van der Waals surface area contributed by atoms with Gasteiger partial charge in [0, 0.05) is 26.7 Å². The topological polar surface area (TPSA) is 108 Å². The lowest BCUT2D eigenvalue weighted by Gasteiger charge is -2.33. The molecule has 0 radical (unpaired) electrons. The van der Waals surface area contributed by atoms with Crippen LogP contribution >= 0.6 is 0 Å². The van der Waals surface area contributed by atoms with E-state index < -0.39 is 12.0 Å². The molecule has 19 heavy (non-hydrogen) atoms. The van der Waals surface area contributed by atoms with E-state index in [4.69, 9.17) is 9.84 Å². The van der Waals surface area contributed by atoms with E-state index in [2.05, 4.69) is 10.6 Å². The molecule has 0 aromatic heterocycles. The van der Waals surface area contributed by atoms with E-state index in [9.17, 15) is 14.4 Å². The van der Waals surface area contributed by atoms with Crippen molar-refractivity contribution in [2.45, 2.75) is 12.5 Å². The van der Waals surface area contributed by atoms with Gasteiger partial charge in [0.2, 0.25) is 11.8 Å². The Hall–Kier alpha value is -1.67. The minimum atomic E-state index is -1.06. The molecule has 3 N–H and O–H groups in total. The number of carbonyl (C=O) groups is 3. The number of rotatable bonds is 7. The summed E-state index contributed by atoms with van der Waals surface area (Å²) in [5.41, 5.74) is 0. The quantitative estimate of drug-likeness (QED) is 0.464. The maximum atomic E-state index is 11.6. The van der Waals surface area contributed by atoms with Crippen LogP contribution in [-0.2, 0) is 19.1 Å². The van der Waals surface area contributed by atoms with E-state index in [0.29, 0.717) is 26.2 Å². The number of methoxy groups -OCH3 is 1. The summed E-state index contributed by atoms with van der Waals surface area (Å²) in [5, 5.41) is 14.0. The Balaban J connectivity index is 2.50. The van der Waals surface area contributed by atoms with Crippen LogP contribution in [-0.4, -0.2) is 73.7 Å². The standard InChI is InChI=1S/C11H19N3O5/c1-19-5-3-12-9(15)7-14-4-2-13-11(18)8(14)6-10(16)17/h8H,2-7H2,1H3,(H,12,15)(H,13,18)(H,16,17). The molecule has 8 heteroatoms. The first-order valence-electron chi connectivity index (χ1n) is 6.03. The van der Waals surface area contributed by atoms with Gasteiger partial charge in [-0.2, -0.15) is 0 Å². The first kappa shape index (κ1) is 15.4. The predicted octanol–water partition coefficient (Wildman–Crippen LogP) is -1.98. The SMILES string of the molecule is COCCNC(=O)CN1CCNC(=O)C1CC(=O)O.